The van der Waals surface area contributed by atoms with Crippen molar-refractivity contribution >= 4 is 15.8 Å². The molecule has 0 saturated heterocycles. The zero-order chi connectivity index (χ0) is 14.0. The SMILES string of the molecule is CNc1cc(S(=O)(=O)NC2CCC(C)C2C)ccn1. The number of pyridine rings is 1. The van der Waals surface area contributed by atoms with E-state index in [2.05, 4.69) is 28.9 Å². The van der Waals surface area contributed by atoms with Crippen LogP contribution in [0.1, 0.15) is 26.7 Å². The number of nitrogens with one attached hydrogen (secondary N) is 2. The fourth-order valence-corrected chi connectivity index (χ4v) is 3.89. The standard InChI is InChI=1S/C13H21N3O2S/c1-9-4-5-12(10(9)2)16-19(17,18)11-6-7-15-13(8-11)14-3/h6-10,12,16H,4-5H2,1-3H3,(H,14,15). The molecule has 106 valence electrons. The fraction of sp³-hybridized carbons (Fsp3) is 0.615. The van der Waals surface area contributed by atoms with Crippen LogP contribution in [0.15, 0.2) is 23.2 Å². The Hall–Kier alpha value is -1.14. The molecule has 3 atom stereocenters. The molecule has 2 N–H and O–H groups in total. The van der Waals surface area contributed by atoms with Crippen molar-refractivity contribution in [2.75, 3.05) is 12.4 Å². The van der Waals surface area contributed by atoms with Gasteiger partial charge in [0.25, 0.3) is 0 Å². The zero-order valence-electron chi connectivity index (χ0n) is 11.6. The molecule has 1 fully saturated rings. The van der Waals surface area contributed by atoms with Gasteiger partial charge in [-0.05, 0) is 30.7 Å². The number of nitrogens with zero attached hydrogens (tertiary/aromatic N) is 1. The molecule has 19 heavy (non-hydrogen) atoms. The van der Waals surface area contributed by atoms with Crippen LogP contribution in [0.5, 0.6) is 0 Å². The van der Waals surface area contributed by atoms with Crippen molar-refractivity contribution in [1.82, 2.24) is 9.71 Å². The molecule has 1 aromatic rings. The van der Waals surface area contributed by atoms with Crippen LogP contribution in [0, 0.1) is 11.8 Å². The van der Waals surface area contributed by atoms with Crippen LogP contribution in [0.3, 0.4) is 0 Å². The van der Waals surface area contributed by atoms with Gasteiger partial charge < -0.3 is 5.32 Å². The molecule has 6 heteroatoms. The Balaban J connectivity index is 2.18. The summed E-state index contributed by atoms with van der Waals surface area (Å²) in [5.74, 6) is 1.49. The summed E-state index contributed by atoms with van der Waals surface area (Å²) in [6.45, 7) is 4.28. The van der Waals surface area contributed by atoms with Gasteiger partial charge >= 0.3 is 0 Å². The number of rotatable bonds is 4. The summed E-state index contributed by atoms with van der Waals surface area (Å²) in [6, 6.07) is 3.10. The third-order valence-electron chi connectivity index (χ3n) is 4.07. The van der Waals surface area contributed by atoms with Crippen LogP contribution >= 0.6 is 0 Å². The number of hydrogen-bond acceptors (Lipinski definition) is 4. The molecule has 0 radical (unpaired) electrons. The van der Waals surface area contributed by atoms with Crippen molar-refractivity contribution in [3.63, 3.8) is 0 Å². The number of sulfonamides is 1. The number of hydrogen-bond donors (Lipinski definition) is 2. The van der Waals surface area contributed by atoms with Gasteiger partial charge in [-0.25, -0.2) is 18.1 Å². The Bertz CT molecular complexity index is 545. The Morgan fingerprint density at radius 3 is 2.63 bits per heavy atom. The highest BCUT2D eigenvalue weighted by Gasteiger charge is 2.33. The van der Waals surface area contributed by atoms with E-state index in [1.807, 2.05) is 0 Å². The monoisotopic (exact) mass is 283 g/mol. The van der Waals surface area contributed by atoms with E-state index in [4.69, 9.17) is 0 Å². The van der Waals surface area contributed by atoms with E-state index in [0.717, 1.165) is 12.8 Å². The average molecular weight is 283 g/mol. The minimum Gasteiger partial charge on any atom is -0.373 e. The maximum atomic E-state index is 12.3. The molecule has 0 amide bonds. The molecular weight excluding hydrogens is 262 g/mol. The highest BCUT2D eigenvalue weighted by Crippen LogP contribution is 2.32. The lowest BCUT2D eigenvalue weighted by Crippen LogP contribution is -2.37. The Labute approximate surface area is 114 Å². The summed E-state index contributed by atoms with van der Waals surface area (Å²) in [5, 5.41) is 2.85. The van der Waals surface area contributed by atoms with E-state index >= 15 is 0 Å². The Morgan fingerprint density at radius 1 is 1.32 bits per heavy atom. The molecule has 0 bridgehead atoms. The van der Waals surface area contributed by atoms with Gasteiger partial charge in [-0.2, -0.15) is 0 Å². The molecule has 1 aliphatic carbocycles. The van der Waals surface area contributed by atoms with E-state index in [0.29, 0.717) is 17.7 Å². The number of anilines is 1. The second-order valence-electron chi connectivity index (χ2n) is 5.27. The predicted octanol–water partition coefficient (Wildman–Crippen LogP) is 1.84. The molecule has 5 nitrogen and oxygen atoms in total. The van der Waals surface area contributed by atoms with Gasteiger partial charge in [0.2, 0.25) is 10.0 Å². The molecule has 2 rings (SSSR count). The third-order valence-corrected chi connectivity index (χ3v) is 5.56. The molecule has 1 aliphatic rings. The summed E-state index contributed by atoms with van der Waals surface area (Å²) < 4.78 is 27.5. The molecule has 0 spiro atoms. The fourth-order valence-electron chi connectivity index (χ4n) is 2.51. The summed E-state index contributed by atoms with van der Waals surface area (Å²) in [7, 11) is -1.75. The zero-order valence-corrected chi connectivity index (χ0v) is 12.4. The van der Waals surface area contributed by atoms with E-state index in [1.165, 1.54) is 12.3 Å². The van der Waals surface area contributed by atoms with Gasteiger partial charge in [-0.15, -0.1) is 0 Å². The van der Waals surface area contributed by atoms with Crippen LogP contribution in [-0.2, 0) is 10.0 Å². The minimum atomic E-state index is -3.46. The van der Waals surface area contributed by atoms with Gasteiger partial charge in [0.05, 0.1) is 4.90 Å². The summed E-state index contributed by atoms with van der Waals surface area (Å²) >= 11 is 0. The summed E-state index contributed by atoms with van der Waals surface area (Å²) in [4.78, 5) is 4.29. The normalized spacial score (nSPS) is 27.4. The first kappa shape index (κ1) is 14.3. The van der Waals surface area contributed by atoms with E-state index in [-0.39, 0.29) is 10.9 Å². The van der Waals surface area contributed by atoms with Crippen LogP contribution in [0.4, 0.5) is 5.82 Å². The van der Waals surface area contributed by atoms with E-state index in [1.54, 1.807) is 13.1 Å². The van der Waals surface area contributed by atoms with Crippen LogP contribution in [0.25, 0.3) is 0 Å². The number of aromatic nitrogens is 1. The molecule has 1 saturated carbocycles. The molecule has 0 aliphatic heterocycles. The van der Waals surface area contributed by atoms with Crippen molar-refractivity contribution in [2.45, 2.75) is 37.6 Å². The second-order valence-corrected chi connectivity index (χ2v) is 6.98. The lowest BCUT2D eigenvalue weighted by atomic mass is 9.98. The largest absolute Gasteiger partial charge is 0.373 e. The van der Waals surface area contributed by atoms with Crippen LogP contribution in [-0.4, -0.2) is 26.5 Å². The highest BCUT2D eigenvalue weighted by molar-refractivity contribution is 7.89. The Morgan fingerprint density at radius 2 is 2.05 bits per heavy atom. The lowest BCUT2D eigenvalue weighted by Gasteiger charge is -2.19. The molecule has 3 unspecified atom stereocenters. The first-order valence-corrected chi connectivity index (χ1v) is 8.08. The average Bonchev–Trinajstić information content (AvgIpc) is 2.70. The highest BCUT2D eigenvalue weighted by atomic mass is 32.2. The smallest absolute Gasteiger partial charge is 0.241 e. The van der Waals surface area contributed by atoms with E-state index < -0.39 is 10.0 Å². The van der Waals surface area contributed by atoms with Crippen molar-refractivity contribution < 1.29 is 8.42 Å². The van der Waals surface area contributed by atoms with Gasteiger partial charge in [0, 0.05) is 25.4 Å². The van der Waals surface area contributed by atoms with Crippen molar-refractivity contribution in [2.24, 2.45) is 11.8 Å². The van der Waals surface area contributed by atoms with E-state index in [9.17, 15) is 8.42 Å². The summed E-state index contributed by atoms with van der Waals surface area (Å²) in [6.07, 6.45) is 3.49. The van der Waals surface area contributed by atoms with Crippen molar-refractivity contribution in [3.8, 4) is 0 Å². The van der Waals surface area contributed by atoms with Crippen molar-refractivity contribution in [1.29, 1.82) is 0 Å². The minimum absolute atomic E-state index is 0.0335. The topological polar surface area (TPSA) is 71.1 Å². The maximum Gasteiger partial charge on any atom is 0.241 e. The second kappa shape index (κ2) is 5.46. The predicted molar refractivity (Wildman–Crippen MR) is 75.5 cm³/mol. The molecule has 1 heterocycles. The summed E-state index contributed by atoms with van der Waals surface area (Å²) in [5.41, 5.74) is 0. The van der Waals surface area contributed by atoms with Crippen LogP contribution in [0.2, 0.25) is 0 Å². The molecular formula is C13H21N3O2S. The molecule has 0 aromatic carbocycles. The van der Waals surface area contributed by atoms with Gasteiger partial charge in [0.15, 0.2) is 0 Å². The lowest BCUT2D eigenvalue weighted by molar-refractivity contribution is 0.402. The van der Waals surface area contributed by atoms with Crippen LogP contribution < -0.4 is 10.0 Å². The first-order valence-electron chi connectivity index (χ1n) is 6.60. The van der Waals surface area contributed by atoms with Gasteiger partial charge in [-0.3, -0.25) is 0 Å². The van der Waals surface area contributed by atoms with Crippen molar-refractivity contribution in [3.05, 3.63) is 18.3 Å². The maximum absolute atomic E-state index is 12.3. The third kappa shape index (κ3) is 3.06. The Kier molecular flexibility index (Phi) is 4.10. The molecule has 1 aromatic heterocycles. The first-order chi connectivity index (χ1) is 8.94. The quantitative estimate of drug-likeness (QED) is 0.884. The van der Waals surface area contributed by atoms with Gasteiger partial charge in [0.1, 0.15) is 5.82 Å². The van der Waals surface area contributed by atoms with Gasteiger partial charge in [-0.1, -0.05) is 13.8 Å².